The van der Waals surface area contributed by atoms with Crippen molar-refractivity contribution in [3.8, 4) is 0 Å². The van der Waals surface area contributed by atoms with Gasteiger partial charge in [-0.25, -0.2) is 0 Å². The van der Waals surface area contributed by atoms with Gasteiger partial charge in [0.2, 0.25) is 5.91 Å². The molecule has 1 aromatic carbocycles. The van der Waals surface area contributed by atoms with E-state index in [0.717, 1.165) is 5.69 Å². The van der Waals surface area contributed by atoms with E-state index in [0.29, 0.717) is 0 Å². The molecule has 0 bridgehead atoms. The molecule has 2 nitrogen and oxygen atoms in total. The standard InChI is InChI=1S/C11H15NO.C3H8.H2/c1-11(2,3)10(13)12-9-7-5-4-6-8-9;1-3-2;/h4-8H,1-3H3,(H,12,13);3H2,1-2H3;1H. The molecule has 92 valence electrons. The van der Waals surface area contributed by atoms with Crippen LogP contribution in [0, 0.1) is 5.41 Å². The van der Waals surface area contributed by atoms with Gasteiger partial charge in [-0.15, -0.1) is 0 Å². The molecule has 1 rings (SSSR count). The molecule has 1 amide bonds. The largest absolute Gasteiger partial charge is 0.326 e. The van der Waals surface area contributed by atoms with Gasteiger partial charge in [0.25, 0.3) is 0 Å². The van der Waals surface area contributed by atoms with E-state index >= 15 is 0 Å². The lowest BCUT2D eigenvalue weighted by atomic mass is 9.95. The average molecular weight is 223 g/mol. The average Bonchev–Trinajstić information content (AvgIpc) is 2.19. The molecule has 1 N–H and O–H groups in total. The minimum atomic E-state index is -0.337. The number of amides is 1. The normalized spacial score (nSPS) is 10.1. The second-order valence-electron chi connectivity index (χ2n) is 4.78. The first-order valence-electron chi connectivity index (χ1n) is 5.78. The number of hydrogen-bond acceptors (Lipinski definition) is 1. The number of rotatable bonds is 1. The fourth-order valence-electron chi connectivity index (χ4n) is 0.840. The second-order valence-corrected chi connectivity index (χ2v) is 4.78. The molecule has 1 aromatic rings. The molecular formula is C14H25NO. The Morgan fingerprint density at radius 2 is 1.62 bits per heavy atom. The van der Waals surface area contributed by atoms with Crippen LogP contribution >= 0.6 is 0 Å². The fourth-order valence-corrected chi connectivity index (χ4v) is 0.840. The Balaban J connectivity index is 0. The van der Waals surface area contributed by atoms with E-state index in [2.05, 4.69) is 19.2 Å². The second kappa shape index (κ2) is 7.04. The summed E-state index contributed by atoms with van der Waals surface area (Å²) in [5.41, 5.74) is 0.512. The molecule has 0 fully saturated rings. The highest BCUT2D eigenvalue weighted by molar-refractivity contribution is 5.94. The van der Waals surface area contributed by atoms with E-state index in [9.17, 15) is 4.79 Å². The van der Waals surface area contributed by atoms with Crippen LogP contribution in [0.1, 0.15) is 42.5 Å². The number of para-hydroxylation sites is 1. The van der Waals surface area contributed by atoms with Gasteiger partial charge in [0.1, 0.15) is 0 Å². The third-order valence-corrected chi connectivity index (χ3v) is 1.71. The SMILES string of the molecule is CC(C)(C)C(=O)Nc1ccccc1.CCC.[HH]. The van der Waals surface area contributed by atoms with Gasteiger partial charge >= 0.3 is 0 Å². The fraction of sp³-hybridized carbons (Fsp3) is 0.500. The predicted octanol–water partition coefficient (Wildman–Crippen LogP) is 4.33. The summed E-state index contributed by atoms with van der Waals surface area (Å²) in [6, 6.07) is 9.48. The third kappa shape index (κ3) is 6.23. The molecule has 0 atom stereocenters. The monoisotopic (exact) mass is 223 g/mol. The maximum Gasteiger partial charge on any atom is 0.229 e. The predicted molar refractivity (Wildman–Crippen MR) is 72.6 cm³/mol. The molecule has 0 saturated heterocycles. The number of carbonyl (C=O) groups excluding carboxylic acids is 1. The van der Waals surface area contributed by atoms with Crippen molar-refractivity contribution in [1.82, 2.24) is 0 Å². The summed E-state index contributed by atoms with van der Waals surface area (Å²) in [6.07, 6.45) is 1.25. The minimum absolute atomic E-state index is 0. The van der Waals surface area contributed by atoms with Gasteiger partial charge in [0, 0.05) is 12.5 Å². The highest BCUT2D eigenvalue weighted by atomic mass is 16.2. The van der Waals surface area contributed by atoms with E-state index in [4.69, 9.17) is 0 Å². The van der Waals surface area contributed by atoms with Crippen molar-refractivity contribution in [2.45, 2.75) is 41.0 Å². The minimum Gasteiger partial charge on any atom is -0.326 e. The van der Waals surface area contributed by atoms with E-state index in [1.807, 2.05) is 51.1 Å². The number of nitrogens with one attached hydrogen (secondary N) is 1. The number of anilines is 1. The maximum absolute atomic E-state index is 11.5. The Bertz CT molecular complexity index is 304. The van der Waals surface area contributed by atoms with Crippen molar-refractivity contribution in [2.24, 2.45) is 5.41 Å². The van der Waals surface area contributed by atoms with Crippen LogP contribution in [-0.4, -0.2) is 5.91 Å². The van der Waals surface area contributed by atoms with Gasteiger partial charge < -0.3 is 5.32 Å². The van der Waals surface area contributed by atoms with Gasteiger partial charge in [-0.2, -0.15) is 0 Å². The van der Waals surface area contributed by atoms with Crippen LogP contribution in [0.2, 0.25) is 0 Å². The Kier molecular flexibility index (Phi) is 6.47. The molecule has 0 aliphatic heterocycles. The first-order chi connectivity index (χ1) is 7.41. The Labute approximate surface area is 101 Å². The summed E-state index contributed by atoms with van der Waals surface area (Å²) in [6.45, 7) is 9.93. The van der Waals surface area contributed by atoms with E-state index in [1.165, 1.54) is 6.42 Å². The van der Waals surface area contributed by atoms with Crippen molar-refractivity contribution < 1.29 is 6.22 Å². The lowest BCUT2D eigenvalue weighted by Crippen LogP contribution is -2.27. The zero-order chi connectivity index (χ0) is 12.6. The summed E-state index contributed by atoms with van der Waals surface area (Å²) in [4.78, 5) is 11.5. The summed E-state index contributed by atoms with van der Waals surface area (Å²) in [5.74, 6) is 0.0405. The molecule has 0 saturated carbocycles. The van der Waals surface area contributed by atoms with Crippen molar-refractivity contribution in [3.63, 3.8) is 0 Å². The van der Waals surface area contributed by atoms with E-state index in [-0.39, 0.29) is 12.7 Å². The highest BCUT2D eigenvalue weighted by Gasteiger charge is 2.20. The first-order valence-corrected chi connectivity index (χ1v) is 5.78. The van der Waals surface area contributed by atoms with Crippen LogP contribution in [0.4, 0.5) is 5.69 Å². The maximum atomic E-state index is 11.5. The molecule has 0 aromatic heterocycles. The molecule has 0 heterocycles. The smallest absolute Gasteiger partial charge is 0.229 e. The summed E-state index contributed by atoms with van der Waals surface area (Å²) in [7, 11) is 0. The zero-order valence-electron chi connectivity index (χ0n) is 11.0. The van der Waals surface area contributed by atoms with Crippen LogP contribution in [0.15, 0.2) is 30.3 Å². The first kappa shape index (κ1) is 14.7. The summed E-state index contributed by atoms with van der Waals surface area (Å²) in [5, 5.41) is 2.84. The van der Waals surface area contributed by atoms with Gasteiger partial charge in [-0.05, 0) is 12.1 Å². The molecular weight excluding hydrogens is 198 g/mol. The zero-order valence-corrected chi connectivity index (χ0v) is 11.0. The number of carbonyl (C=O) groups is 1. The lowest BCUT2D eigenvalue weighted by Gasteiger charge is -2.17. The molecule has 0 unspecified atom stereocenters. The van der Waals surface area contributed by atoms with Crippen molar-refractivity contribution in [2.75, 3.05) is 5.32 Å². The van der Waals surface area contributed by atoms with E-state index < -0.39 is 0 Å². The Morgan fingerprint density at radius 3 is 2.00 bits per heavy atom. The number of benzene rings is 1. The van der Waals surface area contributed by atoms with Gasteiger partial charge in [0.05, 0.1) is 0 Å². The van der Waals surface area contributed by atoms with Crippen molar-refractivity contribution >= 4 is 11.6 Å². The quantitative estimate of drug-likeness (QED) is 0.754. The van der Waals surface area contributed by atoms with Crippen LogP contribution in [-0.2, 0) is 4.79 Å². The van der Waals surface area contributed by atoms with Crippen LogP contribution in [0.5, 0.6) is 0 Å². The molecule has 16 heavy (non-hydrogen) atoms. The van der Waals surface area contributed by atoms with Crippen molar-refractivity contribution in [3.05, 3.63) is 30.3 Å². The molecule has 0 radical (unpaired) electrons. The molecule has 0 aliphatic rings. The Hall–Kier alpha value is -1.31. The lowest BCUT2D eigenvalue weighted by molar-refractivity contribution is -0.123. The Morgan fingerprint density at radius 1 is 1.19 bits per heavy atom. The van der Waals surface area contributed by atoms with Crippen LogP contribution in [0.3, 0.4) is 0 Å². The van der Waals surface area contributed by atoms with E-state index in [1.54, 1.807) is 0 Å². The van der Waals surface area contributed by atoms with Gasteiger partial charge in [-0.3, -0.25) is 4.79 Å². The van der Waals surface area contributed by atoms with Crippen molar-refractivity contribution in [1.29, 1.82) is 0 Å². The molecule has 0 aliphatic carbocycles. The van der Waals surface area contributed by atoms with Gasteiger partial charge in [0.15, 0.2) is 0 Å². The molecule has 2 heteroatoms. The number of hydrogen-bond donors (Lipinski definition) is 1. The summed E-state index contributed by atoms with van der Waals surface area (Å²) < 4.78 is 0. The van der Waals surface area contributed by atoms with Gasteiger partial charge in [-0.1, -0.05) is 59.2 Å². The molecule has 0 spiro atoms. The topological polar surface area (TPSA) is 29.1 Å². The third-order valence-electron chi connectivity index (χ3n) is 1.71. The van der Waals surface area contributed by atoms with Crippen LogP contribution < -0.4 is 5.32 Å². The summed E-state index contributed by atoms with van der Waals surface area (Å²) >= 11 is 0. The van der Waals surface area contributed by atoms with Crippen LogP contribution in [0.25, 0.3) is 0 Å². The highest BCUT2D eigenvalue weighted by Crippen LogP contribution is 2.16.